The summed E-state index contributed by atoms with van der Waals surface area (Å²) in [6.07, 6.45) is 5.84. The van der Waals surface area contributed by atoms with Gasteiger partial charge in [-0.25, -0.2) is 4.98 Å². The molecule has 2 aromatic heterocycles. The molecule has 1 N–H and O–H groups in total. The molecular weight excluding hydrogens is 294 g/mol. The number of hydrogen-bond acceptors (Lipinski definition) is 6. The van der Waals surface area contributed by atoms with Gasteiger partial charge < -0.3 is 14.7 Å². The molecule has 7 nitrogen and oxygen atoms in total. The largest absolute Gasteiger partial charge is 0.367 e. The van der Waals surface area contributed by atoms with Gasteiger partial charge in [0.2, 0.25) is 5.89 Å². The fraction of sp³-hybridized carbons (Fsp3) is 0.500. The van der Waals surface area contributed by atoms with Gasteiger partial charge in [0.1, 0.15) is 5.82 Å². The monoisotopic (exact) mass is 313 g/mol. The molecule has 1 saturated heterocycles. The molecule has 2 fully saturated rings. The standard InChI is InChI=1S/C16H19N5O2/c1-10-18-15(20-23-10)13-3-2-8-21(13)16(22)11-4-7-14(17-9-11)19-12-5-6-12/h4,7,9,12-13H,2-3,5-6,8H2,1H3,(H,17,19)/t13-/m1/s1. The molecule has 1 saturated carbocycles. The molecule has 2 aromatic rings. The van der Waals surface area contributed by atoms with E-state index < -0.39 is 0 Å². The number of carbonyl (C=O) groups is 1. The van der Waals surface area contributed by atoms with Crippen LogP contribution in [-0.2, 0) is 0 Å². The SMILES string of the molecule is Cc1nc([C@H]2CCCN2C(=O)c2ccc(NC3CC3)nc2)no1. The first-order chi connectivity index (χ1) is 11.2. The highest BCUT2D eigenvalue weighted by Crippen LogP contribution is 2.31. The Morgan fingerprint density at radius 1 is 1.35 bits per heavy atom. The van der Waals surface area contributed by atoms with Gasteiger partial charge >= 0.3 is 0 Å². The molecule has 0 unspecified atom stereocenters. The van der Waals surface area contributed by atoms with Crippen LogP contribution in [0.25, 0.3) is 0 Å². The summed E-state index contributed by atoms with van der Waals surface area (Å²) >= 11 is 0. The molecule has 3 heterocycles. The van der Waals surface area contributed by atoms with Crippen LogP contribution in [0, 0.1) is 6.92 Å². The fourth-order valence-electron chi connectivity index (χ4n) is 2.94. The van der Waals surface area contributed by atoms with Crippen molar-refractivity contribution < 1.29 is 9.32 Å². The summed E-state index contributed by atoms with van der Waals surface area (Å²) in [6, 6.07) is 4.14. The Morgan fingerprint density at radius 2 is 2.22 bits per heavy atom. The third-order valence-corrected chi connectivity index (χ3v) is 4.29. The molecule has 0 aromatic carbocycles. The van der Waals surface area contributed by atoms with Crippen molar-refractivity contribution >= 4 is 11.7 Å². The minimum atomic E-state index is -0.107. The molecule has 7 heteroatoms. The molecule has 0 bridgehead atoms. The molecule has 120 valence electrons. The molecule has 1 aliphatic carbocycles. The van der Waals surface area contributed by atoms with Gasteiger partial charge in [0.15, 0.2) is 5.82 Å². The van der Waals surface area contributed by atoms with E-state index in [0.29, 0.717) is 29.9 Å². The average molecular weight is 313 g/mol. The van der Waals surface area contributed by atoms with E-state index >= 15 is 0 Å². The zero-order chi connectivity index (χ0) is 15.8. The molecular formula is C16H19N5O2. The third-order valence-electron chi connectivity index (χ3n) is 4.29. The van der Waals surface area contributed by atoms with E-state index in [9.17, 15) is 4.79 Å². The zero-order valence-corrected chi connectivity index (χ0v) is 13.0. The van der Waals surface area contributed by atoms with Crippen molar-refractivity contribution in [3.63, 3.8) is 0 Å². The van der Waals surface area contributed by atoms with Gasteiger partial charge in [-0.1, -0.05) is 5.16 Å². The summed E-state index contributed by atoms with van der Waals surface area (Å²) in [5.74, 6) is 1.92. The Morgan fingerprint density at radius 3 is 2.87 bits per heavy atom. The Balaban J connectivity index is 1.50. The Labute approximate surface area is 134 Å². The predicted octanol–water partition coefficient (Wildman–Crippen LogP) is 2.32. The van der Waals surface area contributed by atoms with Crippen LogP contribution in [0.1, 0.15) is 53.8 Å². The lowest BCUT2D eigenvalue weighted by atomic mass is 10.2. The summed E-state index contributed by atoms with van der Waals surface area (Å²) in [5, 5.41) is 7.29. The maximum atomic E-state index is 12.8. The first-order valence-electron chi connectivity index (χ1n) is 8.04. The lowest BCUT2D eigenvalue weighted by molar-refractivity contribution is 0.0728. The number of amides is 1. The van der Waals surface area contributed by atoms with Crippen LogP contribution in [-0.4, -0.2) is 38.5 Å². The van der Waals surface area contributed by atoms with Gasteiger partial charge in [0.05, 0.1) is 11.6 Å². The summed E-state index contributed by atoms with van der Waals surface area (Å²) in [7, 11) is 0. The number of rotatable bonds is 4. The van der Waals surface area contributed by atoms with Crippen LogP contribution in [0.4, 0.5) is 5.82 Å². The van der Waals surface area contributed by atoms with Crippen molar-refractivity contribution in [2.75, 3.05) is 11.9 Å². The summed E-state index contributed by atoms with van der Waals surface area (Å²) < 4.78 is 5.05. The van der Waals surface area contributed by atoms with Gasteiger partial charge in [-0.05, 0) is 37.8 Å². The van der Waals surface area contributed by atoms with Gasteiger partial charge in [-0.15, -0.1) is 0 Å². The van der Waals surface area contributed by atoms with E-state index in [0.717, 1.165) is 18.7 Å². The smallest absolute Gasteiger partial charge is 0.256 e. The molecule has 0 spiro atoms. The van der Waals surface area contributed by atoms with Crippen molar-refractivity contribution in [2.24, 2.45) is 0 Å². The second kappa shape index (κ2) is 5.64. The quantitative estimate of drug-likeness (QED) is 0.932. The van der Waals surface area contributed by atoms with Crippen LogP contribution >= 0.6 is 0 Å². The molecule has 0 radical (unpaired) electrons. The molecule has 2 aliphatic rings. The second-order valence-corrected chi connectivity index (χ2v) is 6.18. The lowest BCUT2D eigenvalue weighted by Crippen LogP contribution is -2.31. The highest BCUT2D eigenvalue weighted by atomic mass is 16.5. The average Bonchev–Trinajstić information content (AvgIpc) is 3.07. The lowest BCUT2D eigenvalue weighted by Gasteiger charge is -2.22. The number of carbonyl (C=O) groups excluding carboxylic acids is 1. The third kappa shape index (κ3) is 2.91. The van der Waals surface area contributed by atoms with E-state index in [1.165, 1.54) is 12.8 Å². The predicted molar refractivity (Wildman–Crippen MR) is 82.9 cm³/mol. The molecule has 4 rings (SSSR count). The molecule has 1 atom stereocenters. The summed E-state index contributed by atoms with van der Waals surface area (Å²) in [4.78, 5) is 23.2. The number of anilines is 1. The highest BCUT2D eigenvalue weighted by Gasteiger charge is 2.33. The number of aryl methyl sites for hydroxylation is 1. The van der Waals surface area contributed by atoms with Crippen molar-refractivity contribution in [3.05, 3.63) is 35.6 Å². The van der Waals surface area contributed by atoms with Crippen LogP contribution in [0.15, 0.2) is 22.9 Å². The van der Waals surface area contributed by atoms with Crippen molar-refractivity contribution in [2.45, 2.75) is 44.7 Å². The number of hydrogen-bond donors (Lipinski definition) is 1. The van der Waals surface area contributed by atoms with Crippen LogP contribution < -0.4 is 5.32 Å². The van der Waals surface area contributed by atoms with E-state index in [4.69, 9.17) is 4.52 Å². The van der Waals surface area contributed by atoms with Gasteiger partial charge in [-0.3, -0.25) is 4.79 Å². The first-order valence-corrected chi connectivity index (χ1v) is 8.04. The number of nitrogens with one attached hydrogen (secondary N) is 1. The topological polar surface area (TPSA) is 84.2 Å². The van der Waals surface area contributed by atoms with Gasteiger partial charge in [0, 0.05) is 25.7 Å². The number of nitrogens with zero attached hydrogens (tertiary/aromatic N) is 4. The van der Waals surface area contributed by atoms with Gasteiger partial charge in [-0.2, -0.15) is 4.98 Å². The molecule has 23 heavy (non-hydrogen) atoms. The van der Waals surface area contributed by atoms with Crippen LogP contribution in [0.3, 0.4) is 0 Å². The zero-order valence-electron chi connectivity index (χ0n) is 13.0. The van der Waals surface area contributed by atoms with Crippen molar-refractivity contribution in [3.8, 4) is 0 Å². The Kier molecular flexibility index (Phi) is 3.48. The normalized spacial score (nSPS) is 20.7. The van der Waals surface area contributed by atoms with Crippen LogP contribution in [0.5, 0.6) is 0 Å². The van der Waals surface area contributed by atoms with E-state index in [2.05, 4.69) is 20.4 Å². The van der Waals surface area contributed by atoms with E-state index in [1.807, 2.05) is 17.0 Å². The maximum absolute atomic E-state index is 12.8. The maximum Gasteiger partial charge on any atom is 0.256 e. The van der Waals surface area contributed by atoms with Crippen LogP contribution in [0.2, 0.25) is 0 Å². The number of pyridine rings is 1. The highest BCUT2D eigenvalue weighted by molar-refractivity contribution is 5.94. The molecule has 1 aliphatic heterocycles. The van der Waals surface area contributed by atoms with E-state index in [1.54, 1.807) is 13.1 Å². The van der Waals surface area contributed by atoms with Crippen molar-refractivity contribution in [1.82, 2.24) is 20.0 Å². The minimum absolute atomic E-state index is 0.0274. The van der Waals surface area contributed by atoms with Crippen molar-refractivity contribution in [1.29, 1.82) is 0 Å². The molecule has 1 amide bonds. The minimum Gasteiger partial charge on any atom is -0.367 e. The first kappa shape index (κ1) is 14.2. The Hall–Kier alpha value is -2.44. The van der Waals surface area contributed by atoms with E-state index in [-0.39, 0.29) is 11.9 Å². The second-order valence-electron chi connectivity index (χ2n) is 6.18. The number of likely N-dealkylation sites (tertiary alicyclic amines) is 1. The van der Waals surface area contributed by atoms with Gasteiger partial charge in [0.25, 0.3) is 5.91 Å². The summed E-state index contributed by atoms with van der Waals surface area (Å²) in [6.45, 7) is 2.46. The Bertz CT molecular complexity index is 708. The number of aromatic nitrogens is 3. The fourth-order valence-corrected chi connectivity index (χ4v) is 2.94. The summed E-state index contributed by atoms with van der Waals surface area (Å²) in [5.41, 5.74) is 0.596.